The molecule has 3 nitrogen and oxygen atoms in total. The quantitative estimate of drug-likeness (QED) is 0.637. The summed E-state index contributed by atoms with van der Waals surface area (Å²) in [5, 5.41) is 3.71. The Kier molecular flexibility index (Phi) is 2.38. The van der Waals surface area contributed by atoms with Gasteiger partial charge in [-0.3, -0.25) is 4.90 Å². The summed E-state index contributed by atoms with van der Waals surface area (Å²) in [7, 11) is 0. The zero-order valence-electron chi connectivity index (χ0n) is 12.6. The second-order valence-electron chi connectivity index (χ2n) is 7.20. The Morgan fingerprint density at radius 1 is 1.41 bits per heavy atom. The van der Waals surface area contributed by atoms with Crippen LogP contribution >= 0.6 is 0 Å². The summed E-state index contributed by atoms with van der Waals surface area (Å²) in [6, 6.07) is 9.43. The molecule has 0 unspecified atom stereocenters. The Balaban J connectivity index is 1.74. The third kappa shape index (κ3) is 1.26. The van der Waals surface area contributed by atoms with Crippen molar-refractivity contribution in [1.82, 2.24) is 4.90 Å². The molecule has 3 aliphatic heterocycles. The van der Waals surface area contributed by atoms with Crippen LogP contribution in [-0.2, 0) is 10.2 Å². The van der Waals surface area contributed by atoms with Crippen molar-refractivity contribution in [3.8, 4) is 0 Å². The van der Waals surface area contributed by atoms with E-state index >= 15 is 0 Å². The SMILES string of the molecule is C=C=C1CN2CC[C@]34c5ccccc5N[C@@H]3[C@H](C=O)[C@H]1C[C@H]24. The van der Waals surface area contributed by atoms with Gasteiger partial charge in [-0.25, -0.2) is 0 Å². The molecule has 1 N–H and O–H groups in total. The number of nitrogens with zero attached hydrogens (tertiary/aromatic N) is 1. The minimum absolute atomic E-state index is 0.0353. The molecular weight excluding hydrogens is 272 g/mol. The Labute approximate surface area is 130 Å². The Hall–Kier alpha value is -1.83. The summed E-state index contributed by atoms with van der Waals surface area (Å²) < 4.78 is 0. The van der Waals surface area contributed by atoms with E-state index < -0.39 is 0 Å². The number of anilines is 1. The molecule has 5 rings (SSSR count). The highest BCUT2D eigenvalue weighted by molar-refractivity contribution is 5.70. The lowest BCUT2D eigenvalue weighted by molar-refractivity contribution is -0.115. The van der Waals surface area contributed by atoms with Crippen LogP contribution in [0.15, 0.2) is 42.1 Å². The van der Waals surface area contributed by atoms with Gasteiger partial charge in [-0.15, -0.1) is 5.73 Å². The molecule has 112 valence electrons. The molecule has 1 aromatic carbocycles. The van der Waals surface area contributed by atoms with Crippen molar-refractivity contribution in [3.05, 3.63) is 47.7 Å². The van der Waals surface area contributed by atoms with Gasteiger partial charge in [0.15, 0.2) is 0 Å². The molecule has 2 bridgehead atoms. The first-order valence-electron chi connectivity index (χ1n) is 8.24. The zero-order valence-corrected chi connectivity index (χ0v) is 12.6. The summed E-state index contributed by atoms with van der Waals surface area (Å²) in [4.78, 5) is 14.6. The predicted octanol–water partition coefficient (Wildman–Crippen LogP) is 2.35. The third-order valence-corrected chi connectivity index (χ3v) is 6.67. The highest BCUT2D eigenvalue weighted by Crippen LogP contribution is 2.60. The first-order chi connectivity index (χ1) is 10.8. The molecule has 0 amide bonds. The number of benzene rings is 1. The molecule has 3 heterocycles. The van der Waals surface area contributed by atoms with Crippen LogP contribution < -0.4 is 5.32 Å². The van der Waals surface area contributed by atoms with Gasteiger partial charge in [-0.05, 0) is 36.6 Å². The molecular formula is C19H20N2O. The van der Waals surface area contributed by atoms with Gasteiger partial charge in [0, 0.05) is 41.6 Å². The van der Waals surface area contributed by atoms with E-state index in [-0.39, 0.29) is 17.4 Å². The molecule has 1 saturated carbocycles. The predicted molar refractivity (Wildman–Crippen MR) is 85.8 cm³/mol. The van der Waals surface area contributed by atoms with E-state index in [1.54, 1.807) is 0 Å². The molecule has 5 atom stereocenters. The minimum atomic E-state index is 0.0353. The summed E-state index contributed by atoms with van der Waals surface area (Å²) in [6.07, 6.45) is 3.42. The molecule has 3 fully saturated rings. The number of hydrogen-bond donors (Lipinski definition) is 1. The summed E-state index contributed by atoms with van der Waals surface area (Å²) in [6.45, 7) is 5.94. The largest absolute Gasteiger partial charge is 0.380 e. The molecule has 4 aliphatic rings. The van der Waals surface area contributed by atoms with Crippen LogP contribution in [0.2, 0.25) is 0 Å². The molecule has 2 saturated heterocycles. The van der Waals surface area contributed by atoms with E-state index in [0.717, 1.165) is 25.9 Å². The van der Waals surface area contributed by atoms with Gasteiger partial charge < -0.3 is 10.1 Å². The average molecular weight is 292 g/mol. The van der Waals surface area contributed by atoms with E-state index in [1.165, 1.54) is 23.1 Å². The molecule has 1 aromatic rings. The van der Waals surface area contributed by atoms with Gasteiger partial charge in [-0.2, -0.15) is 0 Å². The van der Waals surface area contributed by atoms with Crippen LogP contribution in [0.5, 0.6) is 0 Å². The minimum Gasteiger partial charge on any atom is -0.380 e. The summed E-state index contributed by atoms with van der Waals surface area (Å²) in [5.41, 5.74) is 7.17. The monoisotopic (exact) mass is 292 g/mol. The first kappa shape index (κ1) is 12.7. The van der Waals surface area contributed by atoms with Gasteiger partial charge in [0.2, 0.25) is 0 Å². The van der Waals surface area contributed by atoms with Crippen LogP contribution in [0.1, 0.15) is 18.4 Å². The second kappa shape index (κ2) is 4.13. The normalized spacial score (nSPS) is 41.4. The van der Waals surface area contributed by atoms with E-state index in [4.69, 9.17) is 0 Å². The third-order valence-electron chi connectivity index (χ3n) is 6.67. The van der Waals surface area contributed by atoms with Gasteiger partial charge >= 0.3 is 0 Å². The van der Waals surface area contributed by atoms with Gasteiger partial charge in [-0.1, -0.05) is 24.8 Å². The first-order valence-corrected chi connectivity index (χ1v) is 8.24. The van der Waals surface area contributed by atoms with E-state index in [1.807, 2.05) is 0 Å². The Morgan fingerprint density at radius 2 is 2.27 bits per heavy atom. The molecule has 3 heteroatoms. The maximum atomic E-state index is 12.0. The molecule has 22 heavy (non-hydrogen) atoms. The molecule has 0 radical (unpaired) electrons. The highest BCUT2D eigenvalue weighted by Gasteiger charge is 2.65. The number of carbonyl (C=O) groups is 1. The highest BCUT2D eigenvalue weighted by atomic mass is 16.1. The Bertz CT molecular complexity index is 720. The van der Waals surface area contributed by atoms with E-state index in [9.17, 15) is 4.79 Å². The summed E-state index contributed by atoms with van der Waals surface area (Å²) >= 11 is 0. The van der Waals surface area contributed by atoms with Gasteiger partial charge in [0.1, 0.15) is 6.29 Å². The molecule has 1 spiro atoms. The lowest BCUT2D eigenvalue weighted by Crippen LogP contribution is -2.62. The Morgan fingerprint density at radius 3 is 3.09 bits per heavy atom. The number of piperidine rings is 1. The fraction of sp³-hybridized carbons (Fsp3) is 0.474. The number of nitrogens with one attached hydrogen (secondary N) is 1. The van der Waals surface area contributed by atoms with Gasteiger partial charge in [0.25, 0.3) is 0 Å². The maximum absolute atomic E-state index is 12.0. The van der Waals surface area contributed by atoms with Crippen LogP contribution in [0, 0.1) is 11.8 Å². The number of rotatable bonds is 1. The fourth-order valence-electron chi connectivity index (χ4n) is 5.82. The van der Waals surface area contributed by atoms with Crippen molar-refractivity contribution in [2.75, 3.05) is 18.4 Å². The van der Waals surface area contributed by atoms with Crippen molar-refractivity contribution in [2.45, 2.75) is 30.3 Å². The van der Waals surface area contributed by atoms with Crippen molar-refractivity contribution in [1.29, 1.82) is 0 Å². The second-order valence-corrected chi connectivity index (χ2v) is 7.20. The number of carbonyl (C=O) groups excluding carboxylic acids is 1. The average Bonchev–Trinajstić information content (AvgIpc) is 3.11. The smallest absolute Gasteiger partial charge is 0.125 e. The standard InChI is InChI=1S/C19H20N2O/c1-2-12-10-21-8-7-19-15-5-3-4-6-16(15)20-18(19)14(11-22)13(12)9-17(19)21/h3-6,11,13-14,17-18,20H,1,7-10H2/t13-,14+,17-,18+,19+/m0/s1. The van der Waals surface area contributed by atoms with Crippen LogP contribution in [0.25, 0.3) is 0 Å². The van der Waals surface area contributed by atoms with Crippen molar-refractivity contribution in [3.63, 3.8) is 0 Å². The fourth-order valence-corrected chi connectivity index (χ4v) is 5.82. The number of fused-ring (bicyclic) bond motifs is 2. The van der Waals surface area contributed by atoms with Crippen molar-refractivity contribution >= 4 is 12.0 Å². The number of hydrogen-bond acceptors (Lipinski definition) is 3. The molecule has 1 aliphatic carbocycles. The molecule has 0 aromatic heterocycles. The number of aldehydes is 1. The number of para-hydroxylation sites is 1. The van der Waals surface area contributed by atoms with E-state index in [0.29, 0.717) is 12.0 Å². The van der Waals surface area contributed by atoms with Crippen molar-refractivity contribution in [2.24, 2.45) is 11.8 Å². The maximum Gasteiger partial charge on any atom is 0.125 e. The van der Waals surface area contributed by atoms with Crippen LogP contribution in [-0.4, -0.2) is 36.4 Å². The zero-order chi connectivity index (χ0) is 14.9. The van der Waals surface area contributed by atoms with Crippen LogP contribution in [0.3, 0.4) is 0 Å². The van der Waals surface area contributed by atoms with Crippen LogP contribution in [0.4, 0.5) is 5.69 Å². The lowest BCUT2D eigenvalue weighted by atomic mass is 9.56. The van der Waals surface area contributed by atoms with E-state index in [2.05, 4.69) is 46.8 Å². The topological polar surface area (TPSA) is 32.3 Å². The van der Waals surface area contributed by atoms with Gasteiger partial charge in [0.05, 0.1) is 0 Å². The lowest BCUT2D eigenvalue weighted by Gasteiger charge is -2.53. The van der Waals surface area contributed by atoms with Crippen molar-refractivity contribution < 1.29 is 4.79 Å². The summed E-state index contributed by atoms with van der Waals surface area (Å²) in [5.74, 6) is 0.349.